The molecular formula is C14H23N3. The zero-order valence-corrected chi connectivity index (χ0v) is 10.9. The molecule has 2 rings (SSSR count). The quantitative estimate of drug-likeness (QED) is 0.854. The highest BCUT2D eigenvalue weighted by atomic mass is 15.2. The molecule has 0 aromatic carbocycles. The summed E-state index contributed by atoms with van der Waals surface area (Å²) in [7, 11) is 0. The lowest BCUT2D eigenvalue weighted by atomic mass is 10.1. The van der Waals surface area contributed by atoms with E-state index >= 15 is 0 Å². The summed E-state index contributed by atoms with van der Waals surface area (Å²) in [4.78, 5) is 6.99. The standard InChI is InChI=1S/C14H23N3/c1-11-6-4-3-5-9-17(11)14-8-7-13(10-16-14)12(2)15/h7-8,10-12H,3-6,9,15H2,1-2H3/t11?,12-/m0/s1. The highest BCUT2D eigenvalue weighted by molar-refractivity contribution is 5.41. The van der Waals surface area contributed by atoms with Gasteiger partial charge in [0.25, 0.3) is 0 Å². The fraction of sp³-hybridized carbons (Fsp3) is 0.643. The van der Waals surface area contributed by atoms with Gasteiger partial charge in [0, 0.05) is 24.8 Å². The molecule has 0 aliphatic carbocycles. The minimum Gasteiger partial charge on any atom is -0.354 e. The van der Waals surface area contributed by atoms with Crippen molar-refractivity contribution in [3.63, 3.8) is 0 Å². The first-order valence-corrected chi connectivity index (χ1v) is 6.66. The van der Waals surface area contributed by atoms with Crippen molar-refractivity contribution in [2.45, 2.75) is 51.6 Å². The topological polar surface area (TPSA) is 42.1 Å². The van der Waals surface area contributed by atoms with Gasteiger partial charge in [0.1, 0.15) is 5.82 Å². The number of anilines is 1. The summed E-state index contributed by atoms with van der Waals surface area (Å²) in [5.41, 5.74) is 6.95. The smallest absolute Gasteiger partial charge is 0.128 e. The lowest BCUT2D eigenvalue weighted by molar-refractivity contribution is 0.611. The Morgan fingerprint density at radius 1 is 1.35 bits per heavy atom. The second kappa shape index (κ2) is 5.50. The third-order valence-electron chi connectivity index (χ3n) is 3.64. The fourth-order valence-electron chi connectivity index (χ4n) is 2.45. The predicted molar refractivity (Wildman–Crippen MR) is 72.1 cm³/mol. The van der Waals surface area contributed by atoms with Crippen molar-refractivity contribution in [3.8, 4) is 0 Å². The lowest BCUT2D eigenvalue weighted by Crippen LogP contribution is -2.33. The number of rotatable bonds is 2. The van der Waals surface area contributed by atoms with E-state index in [0.717, 1.165) is 17.9 Å². The number of nitrogens with two attached hydrogens (primary N) is 1. The van der Waals surface area contributed by atoms with E-state index < -0.39 is 0 Å². The Morgan fingerprint density at radius 2 is 2.18 bits per heavy atom. The van der Waals surface area contributed by atoms with Gasteiger partial charge in [0.2, 0.25) is 0 Å². The van der Waals surface area contributed by atoms with Gasteiger partial charge in [-0.25, -0.2) is 4.98 Å². The van der Waals surface area contributed by atoms with E-state index in [4.69, 9.17) is 5.73 Å². The van der Waals surface area contributed by atoms with E-state index in [2.05, 4.69) is 28.9 Å². The molecule has 0 spiro atoms. The van der Waals surface area contributed by atoms with Crippen molar-refractivity contribution in [2.24, 2.45) is 5.73 Å². The van der Waals surface area contributed by atoms with Gasteiger partial charge in [-0.3, -0.25) is 0 Å². The molecular weight excluding hydrogens is 210 g/mol. The van der Waals surface area contributed by atoms with Gasteiger partial charge in [-0.05, 0) is 38.3 Å². The van der Waals surface area contributed by atoms with Gasteiger partial charge in [-0.15, -0.1) is 0 Å². The number of pyridine rings is 1. The number of nitrogens with zero attached hydrogens (tertiary/aromatic N) is 2. The molecule has 0 radical (unpaired) electrons. The van der Waals surface area contributed by atoms with Crippen LogP contribution in [0.2, 0.25) is 0 Å². The van der Waals surface area contributed by atoms with Gasteiger partial charge >= 0.3 is 0 Å². The van der Waals surface area contributed by atoms with Crippen molar-refractivity contribution in [2.75, 3.05) is 11.4 Å². The first kappa shape index (κ1) is 12.4. The SMILES string of the molecule is CC1CCCCCN1c1ccc([C@H](C)N)cn1. The zero-order valence-electron chi connectivity index (χ0n) is 10.9. The molecule has 1 fully saturated rings. The maximum Gasteiger partial charge on any atom is 0.128 e. The molecule has 1 aromatic heterocycles. The van der Waals surface area contributed by atoms with E-state index in [1.54, 1.807) is 0 Å². The van der Waals surface area contributed by atoms with E-state index in [1.807, 2.05) is 13.1 Å². The molecule has 1 aliphatic rings. The Morgan fingerprint density at radius 3 is 2.82 bits per heavy atom. The van der Waals surface area contributed by atoms with Crippen LogP contribution in [0.3, 0.4) is 0 Å². The van der Waals surface area contributed by atoms with Crippen molar-refractivity contribution >= 4 is 5.82 Å². The van der Waals surface area contributed by atoms with Crippen LogP contribution in [0.5, 0.6) is 0 Å². The summed E-state index contributed by atoms with van der Waals surface area (Å²) in [6.07, 6.45) is 7.16. The van der Waals surface area contributed by atoms with Gasteiger partial charge < -0.3 is 10.6 Å². The van der Waals surface area contributed by atoms with Crippen molar-refractivity contribution in [1.29, 1.82) is 0 Å². The van der Waals surface area contributed by atoms with E-state index in [9.17, 15) is 0 Å². The molecule has 2 heterocycles. The van der Waals surface area contributed by atoms with E-state index in [-0.39, 0.29) is 6.04 Å². The van der Waals surface area contributed by atoms with Crippen molar-refractivity contribution in [3.05, 3.63) is 23.9 Å². The zero-order chi connectivity index (χ0) is 12.3. The summed E-state index contributed by atoms with van der Waals surface area (Å²) in [5, 5.41) is 0. The van der Waals surface area contributed by atoms with Crippen LogP contribution >= 0.6 is 0 Å². The third kappa shape index (κ3) is 2.97. The van der Waals surface area contributed by atoms with Crippen LogP contribution in [0.1, 0.15) is 51.1 Å². The summed E-state index contributed by atoms with van der Waals surface area (Å²) in [6, 6.07) is 4.88. The molecule has 1 saturated heterocycles. The maximum atomic E-state index is 5.84. The minimum absolute atomic E-state index is 0.0677. The van der Waals surface area contributed by atoms with Gasteiger partial charge in [-0.2, -0.15) is 0 Å². The Balaban J connectivity index is 2.14. The third-order valence-corrected chi connectivity index (χ3v) is 3.64. The average molecular weight is 233 g/mol. The van der Waals surface area contributed by atoms with Crippen molar-refractivity contribution in [1.82, 2.24) is 4.98 Å². The van der Waals surface area contributed by atoms with Gasteiger partial charge in [0.05, 0.1) is 0 Å². The molecule has 0 saturated carbocycles. The molecule has 0 bridgehead atoms. The molecule has 1 aromatic rings. The molecule has 1 aliphatic heterocycles. The first-order valence-electron chi connectivity index (χ1n) is 6.66. The van der Waals surface area contributed by atoms with Crippen LogP contribution in [0, 0.1) is 0 Å². The van der Waals surface area contributed by atoms with Crippen LogP contribution in [0.25, 0.3) is 0 Å². The number of hydrogen-bond donors (Lipinski definition) is 1. The largest absolute Gasteiger partial charge is 0.354 e. The molecule has 0 amide bonds. The molecule has 1 unspecified atom stereocenters. The molecule has 2 atom stereocenters. The minimum atomic E-state index is 0.0677. The Labute approximate surface area is 104 Å². The molecule has 94 valence electrons. The van der Waals surface area contributed by atoms with E-state index in [1.165, 1.54) is 25.7 Å². The Bertz CT molecular complexity index is 345. The molecule has 3 nitrogen and oxygen atoms in total. The number of hydrogen-bond acceptors (Lipinski definition) is 3. The fourth-order valence-corrected chi connectivity index (χ4v) is 2.45. The second-order valence-electron chi connectivity index (χ2n) is 5.13. The Kier molecular flexibility index (Phi) is 4.00. The van der Waals surface area contributed by atoms with Gasteiger partial charge in [-0.1, -0.05) is 18.9 Å². The van der Waals surface area contributed by atoms with Crippen LogP contribution in [0.4, 0.5) is 5.82 Å². The lowest BCUT2D eigenvalue weighted by Gasteiger charge is -2.28. The molecule has 2 N–H and O–H groups in total. The summed E-state index contributed by atoms with van der Waals surface area (Å²) in [5.74, 6) is 1.10. The van der Waals surface area contributed by atoms with Crippen LogP contribution in [-0.4, -0.2) is 17.6 Å². The number of aromatic nitrogens is 1. The predicted octanol–water partition coefficient (Wildman–Crippen LogP) is 2.87. The second-order valence-corrected chi connectivity index (χ2v) is 5.13. The van der Waals surface area contributed by atoms with E-state index in [0.29, 0.717) is 6.04 Å². The highest BCUT2D eigenvalue weighted by Gasteiger charge is 2.18. The normalized spacial score (nSPS) is 23.2. The summed E-state index contributed by atoms with van der Waals surface area (Å²) < 4.78 is 0. The highest BCUT2D eigenvalue weighted by Crippen LogP contribution is 2.23. The van der Waals surface area contributed by atoms with Gasteiger partial charge in [0.15, 0.2) is 0 Å². The summed E-state index contributed by atoms with van der Waals surface area (Å²) in [6.45, 7) is 5.42. The monoisotopic (exact) mass is 233 g/mol. The van der Waals surface area contributed by atoms with Crippen LogP contribution in [0.15, 0.2) is 18.3 Å². The van der Waals surface area contributed by atoms with Crippen molar-refractivity contribution < 1.29 is 0 Å². The first-order chi connectivity index (χ1) is 8.18. The summed E-state index contributed by atoms with van der Waals surface area (Å²) >= 11 is 0. The molecule has 17 heavy (non-hydrogen) atoms. The average Bonchev–Trinajstić information content (AvgIpc) is 2.54. The maximum absolute atomic E-state index is 5.84. The Hall–Kier alpha value is -1.09. The molecule has 3 heteroatoms. The van der Waals surface area contributed by atoms with Crippen LogP contribution in [-0.2, 0) is 0 Å². The van der Waals surface area contributed by atoms with Crippen LogP contribution < -0.4 is 10.6 Å².